The van der Waals surface area contributed by atoms with Gasteiger partial charge in [-0.25, -0.2) is 0 Å². The number of allylic oxidation sites excluding steroid dienone is 2. The second-order valence-corrected chi connectivity index (χ2v) is 42.1. The minimum absolute atomic E-state index is 0. The van der Waals surface area contributed by atoms with E-state index in [0.29, 0.717) is 19.1 Å². The molecule has 0 heterocycles. The molecule has 0 nitrogen and oxygen atoms in total. The third kappa shape index (κ3) is 4.00. The van der Waals surface area contributed by atoms with E-state index in [-0.39, 0.29) is 9.41 Å². The Hall–Kier alpha value is -1.12. The molecule has 2 atom stereocenters. The van der Waals surface area contributed by atoms with Crippen molar-refractivity contribution in [3.8, 4) is 0 Å². The number of benzene rings is 2. The molecule has 32 heavy (non-hydrogen) atoms. The van der Waals surface area contributed by atoms with Crippen LogP contribution in [0.5, 0.6) is 0 Å². The van der Waals surface area contributed by atoms with Crippen LogP contribution in [0, 0.1) is 0 Å². The first kappa shape index (κ1) is 27.1. The SMILES string of the molecule is CC1=Cc2c(C(C)C)cccc2[CH]1[Zr]([CH3])([CH3])(=[SiH2])[CH]1C(C)=Cc2c(C(C)C)cccc21.F.F. The summed E-state index contributed by atoms with van der Waals surface area (Å²) in [6, 6.07) is 14.2. The van der Waals surface area contributed by atoms with Crippen molar-refractivity contribution >= 4 is 19.0 Å². The summed E-state index contributed by atoms with van der Waals surface area (Å²) in [5.41, 5.74) is 12.5. The zero-order chi connectivity index (χ0) is 22.0. The van der Waals surface area contributed by atoms with Gasteiger partial charge in [0.1, 0.15) is 0 Å². The Bertz CT molecular complexity index is 1080. The summed E-state index contributed by atoms with van der Waals surface area (Å²) in [6.45, 7) is 16.6. The van der Waals surface area contributed by atoms with Gasteiger partial charge in [-0.1, -0.05) is 0 Å². The first-order chi connectivity index (χ1) is 13.9. The second kappa shape index (κ2) is 8.91. The van der Waals surface area contributed by atoms with Crippen LogP contribution in [0.1, 0.15) is 94.0 Å². The predicted molar refractivity (Wildman–Crippen MR) is 139 cm³/mol. The molecule has 2 aliphatic rings. The van der Waals surface area contributed by atoms with Gasteiger partial charge in [0.2, 0.25) is 0 Å². The number of halogens is 2. The topological polar surface area (TPSA) is 0 Å². The second-order valence-electron chi connectivity index (χ2n) is 11.6. The Morgan fingerprint density at radius 2 is 1.03 bits per heavy atom. The summed E-state index contributed by atoms with van der Waals surface area (Å²) in [5.74, 6) is 1.14. The van der Waals surface area contributed by atoms with Crippen LogP contribution in [0.4, 0.5) is 9.41 Å². The van der Waals surface area contributed by atoms with Crippen LogP contribution in [-0.2, 0) is 17.4 Å². The van der Waals surface area contributed by atoms with E-state index in [0.717, 1.165) is 0 Å². The van der Waals surface area contributed by atoms with Gasteiger partial charge in [-0.15, -0.1) is 0 Å². The molecule has 0 aromatic heterocycles. The van der Waals surface area contributed by atoms with E-state index in [2.05, 4.69) is 106 Å². The van der Waals surface area contributed by atoms with E-state index in [4.69, 9.17) is 0 Å². The molecule has 2 aliphatic carbocycles. The normalized spacial score (nSPS) is 19.7. The van der Waals surface area contributed by atoms with Crippen LogP contribution < -0.4 is 0 Å². The minimum atomic E-state index is -3.32. The van der Waals surface area contributed by atoms with E-state index in [9.17, 15) is 0 Å². The number of hydrogen-bond acceptors (Lipinski definition) is 0. The Balaban J connectivity index is 0.00000181. The number of fused-ring (bicyclic) bond motifs is 2. The van der Waals surface area contributed by atoms with Gasteiger partial charge in [-0.3, -0.25) is 9.41 Å². The Morgan fingerprint density at radius 3 is 1.34 bits per heavy atom. The molecule has 0 bridgehead atoms. The van der Waals surface area contributed by atoms with Crippen molar-refractivity contribution in [3.63, 3.8) is 0 Å². The van der Waals surface area contributed by atoms with Gasteiger partial charge in [0.05, 0.1) is 0 Å². The molecule has 0 radical (unpaired) electrons. The molecule has 0 saturated heterocycles. The Kier molecular flexibility index (Phi) is 7.56. The Morgan fingerprint density at radius 1 is 0.688 bits per heavy atom. The molecule has 0 fully saturated rings. The van der Waals surface area contributed by atoms with Crippen molar-refractivity contribution in [2.45, 2.75) is 69.9 Å². The van der Waals surface area contributed by atoms with E-state index in [1.807, 2.05) is 0 Å². The molecule has 0 spiro atoms. The first-order valence-corrected chi connectivity index (χ1v) is 25.3. The van der Waals surface area contributed by atoms with Crippen LogP contribution in [-0.4, -0.2) is 6.88 Å². The van der Waals surface area contributed by atoms with Crippen LogP contribution in [0.2, 0.25) is 9.26 Å². The summed E-state index contributed by atoms with van der Waals surface area (Å²) < 4.78 is 6.72. The van der Waals surface area contributed by atoms with Crippen molar-refractivity contribution in [1.82, 2.24) is 0 Å². The molecule has 4 rings (SSSR count). The zero-order valence-corrected chi connectivity index (χ0v) is 24.8. The third-order valence-corrected chi connectivity index (χ3v) is 25.7. The minimum Gasteiger partial charge on any atom is -0.269 e. The Labute approximate surface area is 195 Å². The standard InChI is InChI=1S/2C13H15.2CH3.2FH.H2Si.Zr/c2*1-9(2)12-6-4-5-11-7-10(3)8-13(11)12;;;;;;/h2*4-9H,1-3H3;2*1H3;2*1H;1H2;. The quantitative estimate of drug-likeness (QED) is 0.348. The van der Waals surface area contributed by atoms with Crippen molar-refractivity contribution in [2.24, 2.45) is 0 Å². The number of rotatable bonds is 4. The molecule has 0 N–H and O–H groups in total. The van der Waals surface area contributed by atoms with Crippen LogP contribution >= 0.6 is 0 Å². The van der Waals surface area contributed by atoms with E-state index >= 15 is 0 Å². The third-order valence-electron chi connectivity index (χ3n) is 7.76. The number of hydrogen-bond donors (Lipinski definition) is 0. The molecule has 174 valence electrons. The summed E-state index contributed by atoms with van der Waals surface area (Å²) >= 11 is -3.32. The van der Waals surface area contributed by atoms with Gasteiger partial charge in [-0.2, -0.15) is 0 Å². The van der Waals surface area contributed by atoms with Gasteiger partial charge < -0.3 is 0 Å². The molecular formula is C28H40F2SiZr. The monoisotopic (exact) mass is 532 g/mol. The molecule has 2 aromatic carbocycles. The van der Waals surface area contributed by atoms with Crippen molar-refractivity contribution in [1.29, 1.82) is 0 Å². The fraction of sp³-hybridized carbons (Fsp3) is 0.429. The van der Waals surface area contributed by atoms with Crippen molar-refractivity contribution < 1.29 is 26.8 Å². The molecule has 0 amide bonds. The fourth-order valence-electron chi connectivity index (χ4n) is 6.84. The average Bonchev–Trinajstić information content (AvgIpc) is 3.16. The summed E-state index contributed by atoms with van der Waals surface area (Å²) in [5, 5.41) is 0. The van der Waals surface area contributed by atoms with Crippen molar-refractivity contribution in [3.05, 3.63) is 80.9 Å². The molecular weight excluding hydrogens is 494 g/mol. The van der Waals surface area contributed by atoms with Crippen LogP contribution in [0.25, 0.3) is 12.2 Å². The summed E-state index contributed by atoms with van der Waals surface area (Å²) in [7, 11) is 0. The molecule has 4 heteroatoms. The fourth-order valence-corrected chi connectivity index (χ4v) is 28.1. The van der Waals surface area contributed by atoms with Crippen LogP contribution in [0.15, 0.2) is 47.5 Å². The first-order valence-electron chi connectivity index (χ1n) is 11.6. The van der Waals surface area contributed by atoms with Gasteiger partial charge in [0, 0.05) is 0 Å². The van der Waals surface area contributed by atoms with Gasteiger partial charge in [-0.05, 0) is 0 Å². The van der Waals surface area contributed by atoms with Gasteiger partial charge in [0.25, 0.3) is 0 Å². The summed E-state index contributed by atoms with van der Waals surface area (Å²) in [6.07, 6.45) is 5.06. The van der Waals surface area contributed by atoms with Gasteiger partial charge in [0.15, 0.2) is 0 Å². The van der Waals surface area contributed by atoms with E-state index in [1.54, 1.807) is 22.3 Å². The zero-order valence-electron chi connectivity index (χ0n) is 21.0. The van der Waals surface area contributed by atoms with E-state index < -0.39 is 17.4 Å². The predicted octanol–water partition coefficient (Wildman–Crippen LogP) is 8.19. The molecule has 2 unspecified atom stereocenters. The summed E-state index contributed by atoms with van der Waals surface area (Å²) in [4.78, 5) is 0. The largest absolute Gasteiger partial charge is 0.269 e. The average molecular weight is 534 g/mol. The smallest absolute Gasteiger partial charge is 0.269 e. The van der Waals surface area contributed by atoms with E-state index in [1.165, 1.54) is 22.3 Å². The maximum Gasteiger partial charge on any atom is -0.269 e. The van der Waals surface area contributed by atoms with Crippen molar-refractivity contribution in [2.75, 3.05) is 0 Å². The van der Waals surface area contributed by atoms with Crippen LogP contribution in [0.3, 0.4) is 0 Å². The molecule has 2 aromatic rings. The maximum atomic E-state index is 2.73. The van der Waals surface area contributed by atoms with Gasteiger partial charge >= 0.3 is 187 Å². The molecule has 0 aliphatic heterocycles. The maximum absolute atomic E-state index is 3.32. The molecule has 0 saturated carbocycles.